The van der Waals surface area contributed by atoms with Crippen LogP contribution in [0.25, 0.3) is 0 Å². The number of halogens is 1. The Morgan fingerprint density at radius 3 is 2.39 bits per heavy atom. The van der Waals surface area contributed by atoms with E-state index < -0.39 is 0 Å². The Balaban J connectivity index is 2.27. The lowest BCUT2D eigenvalue weighted by atomic mass is 10.2. The molecule has 1 amide bonds. The highest BCUT2D eigenvalue weighted by Gasteiger charge is 2.10. The predicted molar refractivity (Wildman–Crippen MR) is 73.5 cm³/mol. The van der Waals surface area contributed by atoms with Crippen molar-refractivity contribution >= 4 is 23.2 Å². The van der Waals surface area contributed by atoms with Gasteiger partial charge in [-0.25, -0.2) is 0 Å². The summed E-state index contributed by atoms with van der Waals surface area (Å²) < 4.78 is 1.72. The summed E-state index contributed by atoms with van der Waals surface area (Å²) in [7, 11) is 0. The van der Waals surface area contributed by atoms with E-state index in [-0.39, 0.29) is 5.91 Å². The molecular formula is C13H14ClN3O. The van der Waals surface area contributed by atoms with Crippen LogP contribution in [0.2, 0.25) is 5.02 Å². The minimum atomic E-state index is -0.244. The molecule has 0 aliphatic heterocycles. The van der Waals surface area contributed by atoms with Gasteiger partial charge in [0.1, 0.15) is 0 Å². The number of carbonyl (C=O) groups is 1. The molecule has 0 spiro atoms. The highest BCUT2D eigenvalue weighted by atomic mass is 35.5. The molecule has 1 heterocycles. The van der Waals surface area contributed by atoms with E-state index in [1.807, 2.05) is 26.0 Å². The maximum absolute atomic E-state index is 12.1. The van der Waals surface area contributed by atoms with Gasteiger partial charge in [-0.15, -0.1) is 0 Å². The molecule has 2 aromatic rings. The standard InChI is InChI=1S/C13H14ClN3O/c1-8-3-4-9(2)17(8)16-13(18)10-5-11(14)7-12(15)6-10/h3-7H,15H2,1-2H3,(H,16,18). The molecule has 0 unspecified atom stereocenters. The molecule has 18 heavy (non-hydrogen) atoms. The summed E-state index contributed by atoms with van der Waals surface area (Å²) in [6.07, 6.45) is 0. The zero-order chi connectivity index (χ0) is 13.3. The van der Waals surface area contributed by atoms with Crippen LogP contribution in [0.5, 0.6) is 0 Å². The quantitative estimate of drug-likeness (QED) is 0.819. The fourth-order valence-electron chi connectivity index (χ4n) is 1.75. The van der Waals surface area contributed by atoms with Crippen molar-refractivity contribution in [1.29, 1.82) is 0 Å². The number of aromatic nitrogens is 1. The van der Waals surface area contributed by atoms with Crippen LogP contribution < -0.4 is 11.2 Å². The van der Waals surface area contributed by atoms with E-state index in [1.54, 1.807) is 22.9 Å². The Morgan fingerprint density at radius 1 is 1.22 bits per heavy atom. The van der Waals surface area contributed by atoms with Crippen LogP contribution >= 0.6 is 11.6 Å². The number of rotatable bonds is 2. The highest BCUT2D eigenvalue weighted by Crippen LogP contribution is 2.17. The van der Waals surface area contributed by atoms with Crippen molar-refractivity contribution in [2.45, 2.75) is 13.8 Å². The van der Waals surface area contributed by atoms with Gasteiger partial charge in [-0.3, -0.25) is 14.9 Å². The van der Waals surface area contributed by atoms with E-state index in [4.69, 9.17) is 17.3 Å². The maximum atomic E-state index is 12.1. The van der Waals surface area contributed by atoms with Gasteiger partial charge in [0.25, 0.3) is 5.91 Å². The van der Waals surface area contributed by atoms with Crippen LogP contribution in [0.1, 0.15) is 21.7 Å². The van der Waals surface area contributed by atoms with Crippen molar-refractivity contribution in [2.75, 3.05) is 11.2 Å². The van der Waals surface area contributed by atoms with E-state index in [9.17, 15) is 4.79 Å². The molecule has 0 saturated heterocycles. The number of aryl methyl sites for hydroxylation is 2. The van der Waals surface area contributed by atoms with E-state index in [1.165, 1.54) is 0 Å². The van der Waals surface area contributed by atoms with Gasteiger partial charge in [-0.2, -0.15) is 0 Å². The smallest absolute Gasteiger partial charge is 0.270 e. The fourth-order valence-corrected chi connectivity index (χ4v) is 2.00. The molecule has 1 aromatic carbocycles. The molecule has 5 heteroatoms. The lowest BCUT2D eigenvalue weighted by molar-refractivity contribution is 0.101. The van der Waals surface area contributed by atoms with Crippen molar-refractivity contribution in [3.8, 4) is 0 Å². The van der Waals surface area contributed by atoms with Gasteiger partial charge in [-0.1, -0.05) is 11.6 Å². The summed E-state index contributed by atoms with van der Waals surface area (Å²) in [5.41, 5.74) is 11.3. The van der Waals surface area contributed by atoms with Crippen molar-refractivity contribution in [3.63, 3.8) is 0 Å². The van der Waals surface area contributed by atoms with Crippen LogP contribution in [0, 0.1) is 13.8 Å². The molecule has 0 atom stereocenters. The number of amides is 1. The molecule has 0 aliphatic rings. The zero-order valence-corrected chi connectivity index (χ0v) is 11.0. The first kappa shape index (κ1) is 12.5. The van der Waals surface area contributed by atoms with E-state index in [2.05, 4.69) is 5.43 Å². The fraction of sp³-hybridized carbons (Fsp3) is 0.154. The summed E-state index contributed by atoms with van der Waals surface area (Å²) in [6.45, 7) is 3.83. The first-order valence-corrected chi connectivity index (χ1v) is 5.87. The molecule has 2 rings (SSSR count). The molecule has 0 fully saturated rings. The molecule has 0 bridgehead atoms. The van der Waals surface area contributed by atoms with E-state index >= 15 is 0 Å². The third kappa shape index (κ3) is 2.49. The second-order valence-corrected chi connectivity index (χ2v) is 4.60. The number of hydrogen-bond acceptors (Lipinski definition) is 2. The Kier molecular flexibility index (Phi) is 3.30. The number of nitrogens with zero attached hydrogens (tertiary/aromatic N) is 1. The molecule has 0 aliphatic carbocycles. The molecule has 3 N–H and O–H groups in total. The van der Waals surface area contributed by atoms with Crippen LogP contribution in [-0.2, 0) is 0 Å². The van der Waals surface area contributed by atoms with E-state index in [0.29, 0.717) is 16.3 Å². The summed E-state index contributed by atoms with van der Waals surface area (Å²) >= 11 is 5.87. The summed E-state index contributed by atoms with van der Waals surface area (Å²) in [5.74, 6) is -0.244. The minimum Gasteiger partial charge on any atom is -0.399 e. The SMILES string of the molecule is Cc1ccc(C)n1NC(=O)c1cc(N)cc(Cl)c1. The number of anilines is 1. The average Bonchev–Trinajstić information content (AvgIpc) is 2.59. The number of nitrogens with two attached hydrogens (primary N) is 1. The van der Waals surface area contributed by atoms with Crippen molar-refractivity contribution in [1.82, 2.24) is 4.68 Å². The summed E-state index contributed by atoms with van der Waals surface area (Å²) in [4.78, 5) is 12.1. The number of hydrogen-bond donors (Lipinski definition) is 2. The minimum absolute atomic E-state index is 0.244. The lowest BCUT2D eigenvalue weighted by Gasteiger charge is -2.11. The first-order valence-electron chi connectivity index (χ1n) is 5.50. The van der Waals surface area contributed by atoms with Crippen LogP contribution in [0.4, 0.5) is 5.69 Å². The van der Waals surface area contributed by atoms with Gasteiger partial charge >= 0.3 is 0 Å². The lowest BCUT2D eigenvalue weighted by Crippen LogP contribution is -2.24. The van der Waals surface area contributed by atoms with Crippen LogP contribution in [-0.4, -0.2) is 10.6 Å². The molecular weight excluding hydrogens is 250 g/mol. The van der Waals surface area contributed by atoms with Crippen molar-refractivity contribution in [3.05, 3.63) is 52.3 Å². The van der Waals surface area contributed by atoms with Gasteiger partial charge in [0.15, 0.2) is 0 Å². The Bertz CT molecular complexity index is 565. The van der Waals surface area contributed by atoms with E-state index in [0.717, 1.165) is 11.4 Å². The van der Waals surface area contributed by atoms with Gasteiger partial charge in [0.05, 0.1) is 0 Å². The molecule has 4 nitrogen and oxygen atoms in total. The summed E-state index contributed by atoms with van der Waals surface area (Å²) in [6, 6.07) is 8.64. The monoisotopic (exact) mass is 263 g/mol. The van der Waals surface area contributed by atoms with Crippen LogP contribution in [0.3, 0.4) is 0 Å². The second kappa shape index (κ2) is 4.74. The second-order valence-electron chi connectivity index (χ2n) is 4.17. The maximum Gasteiger partial charge on any atom is 0.270 e. The molecule has 0 saturated carbocycles. The Labute approximate surface area is 110 Å². The third-order valence-corrected chi connectivity index (χ3v) is 2.89. The highest BCUT2D eigenvalue weighted by molar-refractivity contribution is 6.31. The van der Waals surface area contributed by atoms with Crippen molar-refractivity contribution in [2.24, 2.45) is 0 Å². The number of nitrogen functional groups attached to an aromatic ring is 1. The molecule has 94 valence electrons. The van der Waals surface area contributed by atoms with Gasteiger partial charge in [0.2, 0.25) is 0 Å². The topological polar surface area (TPSA) is 60.0 Å². The largest absolute Gasteiger partial charge is 0.399 e. The zero-order valence-electron chi connectivity index (χ0n) is 10.2. The predicted octanol–water partition coefficient (Wildman–Crippen LogP) is 2.72. The van der Waals surface area contributed by atoms with Gasteiger partial charge in [-0.05, 0) is 44.2 Å². The normalized spacial score (nSPS) is 10.4. The molecule has 1 aromatic heterocycles. The van der Waals surface area contributed by atoms with Crippen molar-refractivity contribution < 1.29 is 4.79 Å². The average molecular weight is 264 g/mol. The van der Waals surface area contributed by atoms with Crippen LogP contribution in [0.15, 0.2) is 30.3 Å². The Hall–Kier alpha value is -1.94. The first-order chi connectivity index (χ1) is 8.47. The third-order valence-electron chi connectivity index (χ3n) is 2.67. The Morgan fingerprint density at radius 2 is 1.83 bits per heavy atom. The molecule has 0 radical (unpaired) electrons. The van der Waals surface area contributed by atoms with Gasteiger partial charge < -0.3 is 5.73 Å². The number of carbonyl (C=O) groups excluding carboxylic acids is 1. The summed E-state index contributed by atoms with van der Waals surface area (Å²) in [5, 5.41) is 0.445. The number of nitrogens with one attached hydrogen (secondary N) is 1. The number of benzene rings is 1. The van der Waals surface area contributed by atoms with Gasteiger partial charge in [0, 0.05) is 27.7 Å².